The van der Waals surface area contributed by atoms with Crippen molar-refractivity contribution in [1.29, 1.82) is 0 Å². The molecule has 10 rings (SSSR count). The van der Waals surface area contributed by atoms with Crippen molar-refractivity contribution in [3.8, 4) is 50.2 Å². The summed E-state index contributed by atoms with van der Waals surface area (Å²) >= 11 is 0. The fraction of sp³-hybridized carbons (Fsp3) is 0.125. The van der Waals surface area contributed by atoms with Gasteiger partial charge in [0, 0.05) is 21.9 Å². The summed E-state index contributed by atoms with van der Waals surface area (Å²) in [7, 11) is 0. The van der Waals surface area contributed by atoms with Crippen LogP contribution in [-0.4, -0.2) is 15.6 Å². The minimum absolute atomic E-state index is 0.242. The molecule has 0 saturated heterocycles. The van der Waals surface area contributed by atoms with Crippen LogP contribution in [0.3, 0.4) is 0 Å². The Morgan fingerprint density at radius 1 is 0.433 bits per heavy atom. The van der Waals surface area contributed by atoms with E-state index in [0.29, 0.717) is 16.8 Å². The molecule has 0 fully saturated rings. The zero-order valence-electron chi connectivity index (χ0n) is 34.8. The highest BCUT2D eigenvalue weighted by molar-refractivity contribution is 6.17. The molecule has 0 radical (unpaired) electrons. The molecule has 4 heteroatoms. The fourth-order valence-electron chi connectivity index (χ4n) is 10.2. The number of rotatable bonds is 6. The van der Waals surface area contributed by atoms with E-state index in [0.717, 1.165) is 60.9 Å². The van der Waals surface area contributed by atoms with Crippen LogP contribution >= 0.6 is 0 Å². The van der Waals surface area contributed by atoms with E-state index in [4.69, 9.17) is 0 Å². The number of aliphatic hydroxyl groups excluding tert-OH is 1. The average molecular weight is 779 g/mol. The monoisotopic (exact) mass is 778 g/mol. The standard InChI is InChI=1S/C56H46N2O2/c1-33-27-35(3)51(36(4)28-33)41-23-25-44-45-26-24-42(52-37(5)29-34(2)30-38(52)6)32-50(45)57(49(44)31-41)48-22-14-20-46-54(48)56(60)58(55(46)59)47-21-13-19-43(39-15-9-7-10-16-39)53(47)40-17-11-8-12-18-40/h7-32,55,59H,1-6H3. The minimum atomic E-state index is -1.20. The quantitative estimate of drug-likeness (QED) is 0.183. The first-order valence-corrected chi connectivity index (χ1v) is 20.7. The van der Waals surface area contributed by atoms with Gasteiger partial charge in [-0.05, 0) is 127 Å². The Morgan fingerprint density at radius 2 is 0.917 bits per heavy atom. The van der Waals surface area contributed by atoms with Crippen LogP contribution < -0.4 is 4.90 Å². The van der Waals surface area contributed by atoms with E-state index in [1.54, 1.807) is 4.90 Å². The number of aromatic nitrogens is 1. The van der Waals surface area contributed by atoms with Crippen LogP contribution in [-0.2, 0) is 0 Å². The van der Waals surface area contributed by atoms with Gasteiger partial charge in [-0.15, -0.1) is 0 Å². The Morgan fingerprint density at radius 3 is 1.45 bits per heavy atom. The number of anilines is 1. The Hall–Kier alpha value is -7.01. The van der Waals surface area contributed by atoms with Crippen molar-refractivity contribution in [1.82, 2.24) is 4.57 Å². The third kappa shape index (κ3) is 5.90. The largest absolute Gasteiger partial charge is 0.369 e. The number of fused-ring (bicyclic) bond motifs is 4. The number of hydrogen-bond acceptors (Lipinski definition) is 2. The molecule has 1 unspecified atom stereocenters. The van der Waals surface area contributed by atoms with E-state index < -0.39 is 6.23 Å². The van der Waals surface area contributed by atoms with Crippen molar-refractivity contribution in [2.45, 2.75) is 47.8 Å². The lowest BCUT2D eigenvalue weighted by Crippen LogP contribution is -2.28. The zero-order chi connectivity index (χ0) is 41.4. The third-order valence-electron chi connectivity index (χ3n) is 12.4. The Balaban J connectivity index is 1.23. The van der Waals surface area contributed by atoms with Gasteiger partial charge in [0.25, 0.3) is 5.91 Å². The number of carbonyl (C=O) groups is 1. The predicted octanol–water partition coefficient (Wildman–Crippen LogP) is 14.0. The molecule has 0 saturated carbocycles. The van der Waals surface area contributed by atoms with Gasteiger partial charge in [0.15, 0.2) is 6.23 Å². The molecule has 9 aromatic rings. The molecule has 0 aliphatic carbocycles. The first-order valence-electron chi connectivity index (χ1n) is 20.7. The van der Waals surface area contributed by atoms with Gasteiger partial charge in [0.05, 0.1) is 28.0 Å². The van der Waals surface area contributed by atoms with Gasteiger partial charge in [-0.2, -0.15) is 0 Å². The molecule has 1 atom stereocenters. The highest BCUT2D eigenvalue weighted by Crippen LogP contribution is 2.47. The average Bonchev–Trinajstić information content (AvgIpc) is 3.69. The molecule has 1 aromatic heterocycles. The first kappa shape index (κ1) is 37.3. The van der Waals surface area contributed by atoms with E-state index in [-0.39, 0.29) is 5.91 Å². The smallest absolute Gasteiger partial charge is 0.263 e. The molecule has 1 N–H and O–H groups in total. The molecule has 1 amide bonds. The maximum absolute atomic E-state index is 15.4. The van der Waals surface area contributed by atoms with E-state index in [9.17, 15) is 5.11 Å². The molecule has 8 aromatic carbocycles. The highest BCUT2D eigenvalue weighted by atomic mass is 16.3. The lowest BCUT2D eigenvalue weighted by atomic mass is 9.92. The first-order chi connectivity index (χ1) is 29.1. The van der Waals surface area contributed by atoms with Crippen LogP contribution in [0, 0.1) is 41.5 Å². The zero-order valence-corrected chi connectivity index (χ0v) is 34.8. The van der Waals surface area contributed by atoms with Gasteiger partial charge in [-0.3, -0.25) is 9.69 Å². The maximum Gasteiger partial charge on any atom is 0.263 e. The summed E-state index contributed by atoms with van der Waals surface area (Å²) in [6.45, 7) is 13.0. The van der Waals surface area contributed by atoms with Gasteiger partial charge in [0.2, 0.25) is 0 Å². The van der Waals surface area contributed by atoms with Crippen molar-refractivity contribution in [3.05, 3.63) is 202 Å². The van der Waals surface area contributed by atoms with Crippen LogP contribution in [0.15, 0.2) is 158 Å². The van der Waals surface area contributed by atoms with Crippen LogP contribution in [0.4, 0.5) is 5.69 Å². The molecule has 1 aliphatic heterocycles. The van der Waals surface area contributed by atoms with Gasteiger partial charge in [-0.25, -0.2) is 0 Å². The van der Waals surface area contributed by atoms with Gasteiger partial charge in [-0.1, -0.05) is 145 Å². The third-order valence-corrected chi connectivity index (χ3v) is 12.4. The Kier molecular flexibility index (Phi) is 8.93. The van der Waals surface area contributed by atoms with Crippen molar-refractivity contribution < 1.29 is 9.90 Å². The number of benzene rings is 8. The number of hydrogen-bond donors (Lipinski definition) is 1. The molecule has 60 heavy (non-hydrogen) atoms. The predicted molar refractivity (Wildman–Crippen MR) is 249 cm³/mol. The molecule has 4 nitrogen and oxygen atoms in total. The summed E-state index contributed by atoms with van der Waals surface area (Å²) in [4.78, 5) is 17.0. The van der Waals surface area contributed by atoms with Crippen molar-refractivity contribution in [2.24, 2.45) is 0 Å². The number of aryl methyl sites for hydroxylation is 6. The van der Waals surface area contributed by atoms with Crippen molar-refractivity contribution in [3.63, 3.8) is 0 Å². The normalized spacial score (nSPS) is 13.8. The Bertz CT molecular complexity index is 3030. The SMILES string of the molecule is Cc1cc(C)c(-c2ccc3c4ccc(-c5c(C)cc(C)cc5C)cc4n(-c4cccc5c4C(=O)N(c4cccc(-c6ccccc6)c4-c4ccccc4)C5O)c3c2)c(C)c1. The summed E-state index contributed by atoms with van der Waals surface area (Å²) in [5, 5.41) is 14.6. The lowest BCUT2D eigenvalue weighted by Gasteiger charge is -2.26. The van der Waals surface area contributed by atoms with Crippen LogP contribution in [0.5, 0.6) is 0 Å². The highest BCUT2D eigenvalue weighted by Gasteiger charge is 2.40. The second-order valence-corrected chi connectivity index (χ2v) is 16.6. The number of nitrogens with zero attached hydrogens (tertiary/aromatic N) is 2. The van der Waals surface area contributed by atoms with Crippen LogP contribution in [0.1, 0.15) is 55.5 Å². The molecular weight excluding hydrogens is 733 g/mol. The van der Waals surface area contributed by atoms with Crippen molar-refractivity contribution >= 4 is 33.4 Å². The maximum atomic E-state index is 15.4. The number of aliphatic hydroxyl groups is 1. The topological polar surface area (TPSA) is 45.5 Å². The van der Waals surface area contributed by atoms with Gasteiger partial charge >= 0.3 is 0 Å². The summed E-state index contributed by atoms with van der Waals surface area (Å²) in [5.41, 5.74) is 20.4. The van der Waals surface area contributed by atoms with E-state index in [2.05, 4.69) is 137 Å². The van der Waals surface area contributed by atoms with Crippen molar-refractivity contribution in [2.75, 3.05) is 4.90 Å². The summed E-state index contributed by atoms with van der Waals surface area (Å²) < 4.78 is 2.26. The lowest BCUT2D eigenvalue weighted by molar-refractivity contribution is 0.0935. The van der Waals surface area contributed by atoms with Crippen LogP contribution in [0.2, 0.25) is 0 Å². The summed E-state index contributed by atoms with van der Waals surface area (Å²) in [6.07, 6.45) is -1.20. The molecule has 2 heterocycles. The van der Waals surface area contributed by atoms with E-state index >= 15 is 4.79 Å². The fourth-order valence-corrected chi connectivity index (χ4v) is 10.2. The number of amides is 1. The van der Waals surface area contributed by atoms with E-state index in [1.165, 1.54) is 44.5 Å². The molecule has 292 valence electrons. The summed E-state index contributed by atoms with van der Waals surface area (Å²) in [5.74, 6) is -0.242. The number of carbonyl (C=O) groups excluding carboxylic acids is 1. The Labute approximate surface area is 351 Å². The molecule has 1 aliphatic rings. The van der Waals surface area contributed by atoms with Gasteiger partial charge < -0.3 is 9.67 Å². The van der Waals surface area contributed by atoms with E-state index in [1.807, 2.05) is 66.7 Å². The summed E-state index contributed by atoms with van der Waals surface area (Å²) in [6, 6.07) is 54.8. The molecular formula is C56H46N2O2. The molecule has 0 spiro atoms. The second-order valence-electron chi connectivity index (χ2n) is 16.6. The molecule has 0 bridgehead atoms. The van der Waals surface area contributed by atoms with Gasteiger partial charge in [0.1, 0.15) is 0 Å². The second kappa shape index (κ2) is 14.4. The minimum Gasteiger partial charge on any atom is -0.369 e. The van der Waals surface area contributed by atoms with Crippen LogP contribution in [0.25, 0.3) is 72.0 Å².